The van der Waals surface area contributed by atoms with Gasteiger partial charge in [0.05, 0.1) is 0 Å². The van der Waals surface area contributed by atoms with E-state index in [0.717, 1.165) is 16.8 Å². The molecule has 0 aliphatic carbocycles. The van der Waals surface area contributed by atoms with Gasteiger partial charge in [-0.25, -0.2) is 4.98 Å². The van der Waals surface area contributed by atoms with Gasteiger partial charge in [-0.15, -0.1) is 11.3 Å². The van der Waals surface area contributed by atoms with Crippen LogP contribution in [-0.2, 0) is 0 Å². The molecular formula is C11H7N3OS. The van der Waals surface area contributed by atoms with Crippen LogP contribution in [0.5, 0.6) is 0 Å². The highest BCUT2D eigenvalue weighted by Gasteiger charge is 2.13. The Morgan fingerprint density at radius 1 is 1.31 bits per heavy atom. The number of hydrogen-bond acceptors (Lipinski definition) is 4. The van der Waals surface area contributed by atoms with Crippen LogP contribution in [0.15, 0.2) is 36.1 Å². The minimum absolute atomic E-state index is 0.586. The molecule has 0 aliphatic heterocycles. The molecule has 0 bridgehead atoms. The van der Waals surface area contributed by atoms with Gasteiger partial charge < -0.3 is 0 Å². The second kappa shape index (κ2) is 3.53. The zero-order valence-electron chi connectivity index (χ0n) is 8.20. The summed E-state index contributed by atoms with van der Waals surface area (Å²) in [5.74, 6) is 0. The standard InChI is InChI=1S/C11H7N3OS/c15-7-9-10(8-1-3-12-4-2-8)13-11-14(9)5-6-16-11/h1-7H. The van der Waals surface area contributed by atoms with Crippen LogP contribution >= 0.6 is 11.3 Å². The zero-order valence-corrected chi connectivity index (χ0v) is 9.02. The summed E-state index contributed by atoms with van der Waals surface area (Å²) in [5, 5.41) is 1.91. The van der Waals surface area contributed by atoms with Crippen molar-refractivity contribution >= 4 is 22.6 Å². The molecule has 0 radical (unpaired) electrons. The Morgan fingerprint density at radius 2 is 2.12 bits per heavy atom. The van der Waals surface area contributed by atoms with E-state index in [9.17, 15) is 4.79 Å². The molecule has 0 amide bonds. The number of carbonyl (C=O) groups is 1. The van der Waals surface area contributed by atoms with Gasteiger partial charge in [-0.1, -0.05) is 0 Å². The van der Waals surface area contributed by atoms with E-state index in [1.165, 1.54) is 11.3 Å². The van der Waals surface area contributed by atoms with Crippen molar-refractivity contribution in [3.63, 3.8) is 0 Å². The van der Waals surface area contributed by atoms with Crippen molar-refractivity contribution in [2.75, 3.05) is 0 Å². The fourth-order valence-corrected chi connectivity index (χ4v) is 2.36. The first-order valence-corrected chi connectivity index (χ1v) is 5.59. The Hall–Kier alpha value is -2.01. The molecule has 3 heterocycles. The summed E-state index contributed by atoms with van der Waals surface area (Å²) in [6.45, 7) is 0. The molecule has 0 fully saturated rings. The molecule has 5 heteroatoms. The molecule has 0 unspecified atom stereocenters. The van der Waals surface area contributed by atoms with Crippen molar-refractivity contribution in [3.05, 3.63) is 41.8 Å². The van der Waals surface area contributed by atoms with E-state index in [4.69, 9.17) is 0 Å². The van der Waals surface area contributed by atoms with Crippen LogP contribution in [0.25, 0.3) is 16.2 Å². The number of hydrogen-bond donors (Lipinski definition) is 0. The molecule has 3 rings (SSSR count). The Kier molecular flexibility index (Phi) is 2.04. The summed E-state index contributed by atoms with van der Waals surface area (Å²) in [6.07, 6.45) is 6.07. The molecule has 0 saturated carbocycles. The van der Waals surface area contributed by atoms with E-state index in [1.54, 1.807) is 16.8 Å². The van der Waals surface area contributed by atoms with E-state index in [-0.39, 0.29) is 0 Å². The van der Waals surface area contributed by atoms with Gasteiger partial charge in [-0.3, -0.25) is 14.2 Å². The Bertz CT molecular complexity index is 642. The van der Waals surface area contributed by atoms with Crippen molar-refractivity contribution in [1.29, 1.82) is 0 Å². The monoisotopic (exact) mass is 229 g/mol. The third kappa shape index (κ3) is 1.25. The van der Waals surface area contributed by atoms with Crippen LogP contribution in [0.2, 0.25) is 0 Å². The smallest absolute Gasteiger partial charge is 0.194 e. The van der Waals surface area contributed by atoms with Gasteiger partial charge in [-0.2, -0.15) is 0 Å². The molecule has 0 spiro atoms. The lowest BCUT2D eigenvalue weighted by atomic mass is 10.2. The predicted octanol–water partition coefficient (Wildman–Crippen LogP) is 2.27. The van der Waals surface area contributed by atoms with E-state index < -0.39 is 0 Å². The SMILES string of the molecule is O=Cc1c(-c2ccncc2)nc2sccn12. The highest BCUT2D eigenvalue weighted by Crippen LogP contribution is 2.24. The number of imidazole rings is 1. The van der Waals surface area contributed by atoms with E-state index in [2.05, 4.69) is 9.97 Å². The largest absolute Gasteiger partial charge is 0.296 e. The summed E-state index contributed by atoms with van der Waals surface area (Å²) >= 11 is 1.51. The Balaban J connectivity index is 2.31. The summed E-state index contributed by atoms with van der Waals surface area (Å²) in [6, 6.07) is 3.69. The maximum atomic E-state index is 11.1. The number of fused-ring (bicyclic) bond motifs is 1. The molecule has 3 aromatic rings. The molecule has 0 aliphatic rings. The van der Waals surface area contributed by atoms with Crippen LogP contribution in [0.1, 0.15) is 10.5 Å². The molecule has 0 N–H and O–H groups in total. The molecule has 4 nitrogen and oxygen atoms in total. The van der Waals surface area contributed by atoms with Crippen molar-refractivity contribution in [2.45, 2.75) is 0 Å². The quantitative estimate of drug-likeness (QED) is 0.633. The lowest BCUT2D eigenvalue weighted by Gasteiger charge is -1.96. The minimum Gasteiger partial charge on any atom is -0.296 e. The number of carbonyl (C=O) groups excluding carboxylic acids is 1. The number of rotatable bonds is 2. The van der Waals surface area contributed by atoms with E-state index in [0.29, 0.717) is 11.4 Å². The Morgan fingerprint density at radius 3 is 2.88 bits per heavy atom. The van der Waals surface area contributed by atoms with Crippen LogP contribution in [0, 0.1) is 0 Å². The second-order valence-corrected chi connectivity index (χ2v) is 4.13. The fourth-order valence-electron chi connectivity index (χ4n) is 1.64. The molecule has 0 saturated heterocycles. The summed E-state index contributed by atoms with van der Waals surface area (Å²) in [4.78, 5) is 20.3. The number of thiazole rings is 1. The Labute approximate surface area is 95.2 Å². The molecule has 16 heavy (non-hydrogen) atoms. The van der Waals surface area contributed by atoms with E-state index >= 15 is 0 Å². The minimum atomic E-state index is 0.586. The van der Waals surface area contributed by atoms with Gasteiger partial charge in [0, 0.05) is 29.5 Å². The summed E-state index contributed by atoms with van der Waals surface area (Å²) < 4.78 is 1.80. The molecule has 78 valence electrons. The first-order valence-electron chi connectivity index (χ1n) is 4.71. The van der Waals surface area contributed by atoms with Crippen molar-refractivity contribution in [3.8, 4) is 11.3 Å². The van der Waals surface area contributed by atoms with Crippen molar-refractivity contribution < 1.29 is 4.79 Å². The maximum Gasteiger partial charge on any atom is 0.194 e. The summed E-state index contributed by atoms with van der Waals surface area (Å²) in [5.41, 5.74) is 2.21. The van der Waals surface area contributed by atoms with Crippen LogP contribution < -0.4 is 0 Å². The molecule has 3 aromatic heterocycles. The summed E-state index contributed by atoms with van der Waals surface area (Å²) in [7, 11) is 0. The van der Waals surface area contributed by atoms with Gasteiger partial charge in [0.15, 0.2) is 11.2 Å². The topological polar surface area (TPSA) is 47.3 Å². The van der Waals surface area contributed by atoms with Gasteiger partial charge in [0.25, 0.3) is 0 Å². The second-order valence-electron chi connectivity index (χ2n) is 3.25. The number of nitrogens with zero attached hydrogens (tertiary/aromatic N) is 3. The van der Waals surface area contributed by atoms with E-state index in [1.807, 2.05) is 23.7 Å². The van der Waals surface area contributed by atoms with Crippen molar-refractivity contribution in [2.24, 2.45) is 0 Å². The van der Waals surface area contributed by atoms with Crippen molar-refractivity contribution in [1.82, 2.24) is 14.4 Å². The lowest BCUT2D eigenvalue weighted by Crippen LogP contribution is -1.89. The molecule has 0 atom stereocenters. The van der Waals surface area contributed by atoms with Crippen LogP contribution in [0.3, 0.4) is 0 Å². The lowest BCUT2D eigenvalue weighted by molar-refractivity contribution is 0.111. The average molecular weight is 229 g/mol. The molecule has 0 aromatic carbocycles. The van der Waals surface area contributed by atoms with Gasteiger partial charge in [-0.05, 0) is 12.1 Å². The normalized spacial score (nSPS) is 10.8. The first-order chi connectivity index (χ1) is 7.90. The third-order valence-corrected chi connectivity index (χ3v) is 3.12. The van der Waals surface area contributed by atoms with Gasteiger partial charge >= 0.3 is 0 Å². The van der Waals surface area contributed by atoms with Crippen LogP contribution in [-0.4, -0.2) is 20.7 Å². The zero-order chi connectivity index (χ0) is 11.0. The highest BCUT2D eigenvalue weighted by molar-refractivity contribution is 7.15. The maximum absolute atomic E-state index is 11.1. The first kappa shape index (κ1) is 9.23. The predicted molar refractivity (Wildman–Crippen MR) is 61.7 cm³/mol. The number of aromatic nitrogens is 3. The number of pyridine rings is 1. The fraction of sp³-hybridized carbons (Fsp3) is 0. The average Bonchev–Trinajstić information content (AvgIpc) is 2.89. The molecular weight excluding hydrogens is 222 g/mol. The van der Waals surface area contributed by atoms with Gasteiger partial charge in [0.2, 0.25) is 0 Å². The van der Waals surface area contributed by atoms with Crippen LogP contribution in [0.4, 0.5) is 0 Å². The van der Waals surface area contributed by atoms with Gasteiger partial charge in [0.1, 0.15) is 11.4 Å². The third-order valence-electron chi connectivity index (χ3n) is 2.36. The highest BCUT2D eigenvalue weighted by atomic mass is 32.1. The number of aldehydes is 1.